The zero-order valence-corrected chi connectivity index (χ0v) is 14.9. The molecule has 1 fully saturated rings. The normalized spacial score (nSPS) is 13.9. The summed E-state index contributed by atoms with van der Waals surface area (Å²) in [6, 6.07) is 9.10. The maximum Gasteiger partial charge on any atom is 0.280 e. The Bertz CT molecular complexity index is 993. The molecule has 6 nitrogen and oxygen atoms in total. The lowest BCUT2D eigenvalue weighted by atomic mass is 10.2. The number of rotatable bonds is 7. The number of alkyl halides is 2. The van der Waals surface area contributed by atoms with Gasteiger partial charge in [0.2, 0.25) is 5.91 Å². The second kappa shape index (κ2) is 7.49. The molecule has 0 aliphatic heterocycles. The molecule has 1 aromatic carbocycles. The van der Waals surface area contributed by atoms with Gasteiger partial charge in [0, 0.05) is 18.2 Å². The van der Waals surface area contributed by atoms with Gasteiger partial charge in [0.1, 0.15) is 18.1 Å². The van der Waals surface area contributed by atoms with Crippen LogP contribution in [0.4, 0.5) is 19.0 Å². The van der Waals surface area contributed by atoms with Crippen LogP contribution < -0.4 is 5.32 Å². The van der Waals surface area contributed by atoms with E-state index in [9.17, 15) is 18.0 Å². The fourth-order valence-corrected chi connectivity index (χ4v) is 2.99. The number of nitrogens with one attached hydrogen (secondary N) is 1. The van der Waals surface area contributed by atoms with Crippen molar-refractivity contribution in [3.8, 4) is 0 Å². The number of nitrogens with zero attached hydrogens (tertiary/aromatic N) is 4. The van der Waals surface area contributed by atoms with Gasteiger partial charge in [-0.3, -0.25) is 14.2 Å². The topological polar surface area (TPSA) is 64.7 Å². The zero-order chi connectivity index (χ0) is 19.7. The van der Waals surface area contributed by atoms with Crippen LogP contribution in [0.1, 0.15) is 42.1 Å². The molecule has 0 radical (unpaired) electrons. The van der Waals surface area contributed by atoms with Gasteiger partial charge in [-0.1, -0.05) is 12.1 Å². The second-order valence-electron chi connectivity index (χ2n) is 6.80. The lowest BCUT2D eigenvalue weighted by Crippen LogP contribution is -2.21. The van der Waals surface area contributed by atoms with Crippen LogP contribution in [0.25, 0.3) is 0 Å². The molecular formula is C19H18F3N5O. The molecule has 1 N–H and O–H groups in total. The summed E-state index contributed by atoms with van der Waals surface area (Å²) in [5.41, 5.74) is 1.09. The van der Waals surface area contributed by atoms with Gasteiger partial charge in [-0.25, -0.2) is 13.2 Å². The predicted molar refractivity (Wildman–Crippen MR) is 95.5 cm³/mol. The lowest BCUT2D eigenvalue weighted by molar-refractivity contribution is -0.117. The average molecular weight is 389 g/mol. The van der Waals surface area contributed by atoms with Crippen LogP contribution in [0.3, 0.4) is 0 Å². The molecule has 0 bridgehead atoms. The Morgan fingerprint density at radius 2 is 2.04 bits per heavy atom. The van der Waals surface area contributed by atoms with Crippen molar-refractivity contribution in [3.63, 3.8) is 0 Å². The van der Waals surface area contributed by atoms with Crippen molar-refractivity contribution < 1.29 is 18.0 Å². The van der Waals surface area contributed by atoms with E-state index >= 15 is 0 Å². The van der Waals surface area contributed by atoms with Gasteiger partial charge in [0.15, 0.2) is 5.82 Å². The highest BCUT2D eigenvalue weighted by molar-refractivity contribution is 5.89. The highest BCUT2D eigenvalue weighted by Gasteiger charge is 2.29. The largest absolute Gasteiger partial charge is 0.308 e. The summed E-state index contributed by atoms with van der Waals surface area (Å²) >= 11 is 0. The summed E-state index contributed by atoms with van der Waals surface area (Å²) in [5, 5.41) is 10.9. The fraction of sp³-hybridized carbons (Fsp3) is 0.316. The molecule has 0 atom stereocenters. The van der Waals surface area contributed by atoms with E-state index in [2.05, 4.69) is 15.5 Å². The number of carbonyl (C=O) groups excluding carboxylic acids is 1. The lowest BCUT2D eigenvalue weighted by Gasteiger charge is -2.06. The number of hydrogen-bond donors (Lipinski definition) is 1. The van der Waals surface area contributed by atoms with E-state index in [0.29, 0.717) is 12.2 Å². The number of aromatic nitrogens is 4. The third kappa shape index (κ3) is 4.24. The minimum atomic E-state index is -2.70. The standard InChI is InChI=1S/C19H18F3N5O/c20-14-3-1-2-12(8-14)10-26-7-6-17(25-26)23-18(28)11-27-16(19(21)22)9-15(24-27)13-4-5-13/h1-3,6-9,13,19H,4-5,10-11H2,(H,23,25,28). The summed E-state index contributed by atoms with van der Waals surface area (Å²) < 4.78 is 42.3. The van der Waals surface area contributed by atoms with Gasteiger partial charge in [-0.05, 0) is 36.6 Å². The number of hydrogen-bond acceptors (Lipinski definition) is 3. The van der Waals surface area contributed by atoms with Crippen LogP contribution in [-0.4, -0.2) is 25.5 Å². The molecule has 9 heteroatoms. The summed E-state index contributed by atoms with van der Waals surface area (Å²) in [6.07, 6.45) is 0.825. The van der Waals surface area contributed by atoms with Crippen LogP contribution in [0.2, 0.25) is 0 Å². The maximum absolute atomic E-state index is 13.3. The zero-order valence-electron chi connectivity index (χ0n) is 14.9. The van der Waals surface area contributed by atoms with Crippen molar-refractivity contribution >= 4 is 11.7 Å². The third-order valence-electron chi connectivity index (χ3n) is 4.48. The summed E-state index contributed by atoms with van der Waals surface area (Å²) in [7, 11) is 0. The van der Waals surface area contributed by atoms with Gasteiger partial charge < -0.3 is 5.32 Å². The molecule has 1 aliphatic carbocycles. The first kappa shape index (κ1) is 18.3. The molecule has 2 aromatic heterocycles. The first-order valence-electron chi connectivity index (χ1n) is 8.91. The van der Waals surface area contributed by atoms with Crippen LogP contribution >= 0.6 is 0 Å². The van der Waals surface area contributed by atoms with Gasteiger partial charge in [-0.15, -0.1) is 0 Å². The van der Waals surface area contributed by atoms with Crippen molar-refractivity contribution in [1.29, 1.82) is 0 Å². The minimum absolute atomic E-state index is 0.223. The SMILES string of the molecule is O=C(Cn1nc(C2CC2)cc1C(F)F)Nc1ccn(Cc2cccc(F)c2)n1. The highest BCUT2D eigenvalue weighted by Crippen LogP contribution is 2.40. The molecular weight excluding hydrogens is 371 g/mol. The van der Waals surface area contributed by atoms with E-state index in [1.807, 2.05) is 0 Å². The Hall–Kier alpha value is -3.10. The van der Waals surface area contributed by atoms with Crippen molar-refractivity contribution in [2.75, 3.05) is 5.32 Å². The number of anilines is 1. The monoisotopic (exact) mass is 389 g/mol. The number of halogens is 3. The summed E-state index contributed by atoms with van der Waals surface area (Å²) in [4.78, 5) is 12.2. The van der Waals surface area contributed by atoms with Crippen LogP contribution in [0.15, 0.2) is 42.6 Å². The molecule has 0 unspecified atom stereocenters. The molecule has 2 heterocycles. The Kier molecular flexibility index (Phi) is 4.89. The Morgan fingerprint density at radius 3 is 2.75 bits per heavy atom. The predicted octanol–water partition coefficient (Wildman–Crippen LogP) is 3.72. The first-order valence-corrected chi connectivity index (χ1v) is 8.91. The number of amides is 1. The Balaban J connectivity index is 1.40. The van der Waals surface area contributed by atoms with Gasteiger partial charge in [-0.2, -0.15) is 10.2 Å². The van der Waals surface area contributed by atoms with Gasteiger partial charge in [0.25, 0.3) is 6.43 Å². The van der Waals surface area contributed by atoms with Gasteiger partial charge in [0.05, 0.1) is 12.2 Å². The van der Waals surface area contributed by atoms with E-state index in [0.717, 1.165) is 23.1 Å². The fourth-order valence-electron chi connectivity index (χ4n) is 2.99. The Morgan fingerprint density at radius 1 is 1.21 bits per heavy atom. The Labute approximate surface area is 159 Å². The maximum atomic E-state index is 13.3. The third-order valence-corrected chi connectivity index (χ3v) is 4.48. The number of benzene rings is 1. The molecule has 3 aromatic rings. The average Bonchev–Trinajstić information content (AvgIpc) is 3.26. The van der Waals surface area contributed by atoms with Crippen molar-refractivity contribution in [3.05, 3.63) is 65.4 Å². The molecule has 1 aliphatic rings. The molecule has 1 amide bonds. The van der Waals surface area contributed by atoms with E-state index < -0.39 is 12.3 Å². The van der Waals surface area contributed by atoms with E-state index in [4.69, 9.17) is 0 Å². The van der Waals surface area contributed by atoms with Crippen LogP contribution in [0.5, 0.6) is 0 Å². The van der Waals surface area contributed by atoms with E-state index in [-0.39, 0.29) is 29.8 Å². The first-order chi connectivity index (χ1) is 13.5. The minimum Gasteiger partial charge on any atom is -0.308 e. The van der Waals surface area contributed by atoms with Crippen molar-refractivity contribution in [1.82, 2.24) is 19.6 Å². The van der Waals surface area contributed by atoms with Crippen LogP contribution in [-0.2, 0) is 17.9 Å². The second-order valence-corrected chi connectivity index (χ2v) is 6.80. The molecule has 1 saturated carbocycles. The molecule has 0 saturated heterocycles. The quantitative estimate of drug-likeness (QED) is 0.670. The van der Waals surface area contributed by atoms with Gasteiger partial charge >= 0.3 is 0 Å². The van der Waals surface area contributed by atoms with Crippen molar-refractivity contribution in [2.45, 2.75) is 38.3 Å². The molecule has 4 rings (SSSR count). The summed E-state index contributed by atoms with van der Waals surface area (Å²) in [6.45, 7) is 0.0240. The van der Waals surface area contributed by atoms with Crippen LogP contribution in [0, 0.1) is 5.82 Å². The molecule has 28 heavy (non-hydrogen) atoms. The van der Waals surface area contributed by atoms with Crippen molar-refractivity contribution in [2.24, 2.45) is 0 Å². The number of carbonyl (C=O) groups is 1. The van der Waals surface area contributed by atoms with E-state index in [1.165, 1.54) is 18.2 Å². The summed E-state index contributed by atoms with van der Waals surface area (Å²) in [5.74, 6) is -0.323. The highest BCUT2D eigenvalue weighted by atomic mass is 19.3. The molecule has 0 spiro atoms. The smallest absolute Gasteiger partial charge is 0.280 e. The molecule has 146 valence electrons. The van der Waals surface area contributed by atoms with E-state index in [1.54, 1.807) is 29.1 Å².